The lowest BCUT2D eigenvalue weighted by Crippen LogP contribution is -2.27. The highest BCUT2D eigenvalue weighted by atomic mass is 32.2. The van der Waals surface area contributed by atoms with Gasteiger partial charge in [-0.2, -0.15) is 0 Å². The van der Waals surface area contributed by atoms with E-state index in [0.717, 1.165) is 15.8 Å². The lowest BCUT2D eigenvalue weighted by Gasteiger charge is -2.10. The minimum absolute atomic E-state index is 0.118. The number of carbonyl (C=O) groups excluding carboxylic acids is 2. The molecule has 38 heavy (non-hydrogen) atoms. The number of rotatable bonds is 10. The average Bonchev–Trinajstić information content (AvgIpc) is 3.55. The maximum atomic E-state index is 12.7. The van der Waals surface area contributed by atoms with Crippen LogP contribution in [0.5, 0.6) is 23.0 Å². The minimum atomic E-state index is -0.197. The molecule has 9 nitrogen and oxygen atoms in total. The second-order valence-corrected chi connectivity index (χ2v) is 9.45. The molecule has 4 aromatic rings. The van der Waals surface area contributed by atoms with Gasteiger partial charge >= 0.3 is 0 Å². The van der Waals surface area contributed by atoms with E-state index < -0.39 is 0 Å². The van der Waals surface area contributed by atoms with Crippen molar-refractivity contribution in [1.82, 2.24) is 9.88 Å². The van der Waals surface area contributed by atoms with E-state index in [1.54, 1.807) is 43.5 Å². The second-order valence-electron chi connectivity index (χ2n) is 8.43. The normalized spacial score (nSPS) is 11.8. The Bertz CT molecular complexity index is 1480. The first kappa shape index (κ1) is 25.3. The number of para-hydroxylation sites is 1. The quantitative estimate of drug-likeness (QED) is 0.289. The van der Waals surface area contributed by atoms with Crippen LogP contribution in [0.4, 0.5) is 5.69 Å². The number of benzene rings is 3. The van der Waals surface area contributed by atoms with Crippen molar-refractivity contribution in [2.24, 2.45) is 0 Å². The maximum absolute atomic E-state index is 12.7. The first-order chi connectivity index (χ1) is 18.6. The van der Waals surface area contributed by atoms with Crippen LogP contribution >= 0.6 is 11.8 Å². The largest absolute Gasteiger partial charge is 0.493 e. The molecule has 2 heterocycles. The van der Waals surface area contributed by atoms with Gasteiger partial charge in [0.2, 0.25) is 12.7 Å². The maximum Gasteiger partial charge on any atom is 0.251 e. The van der Waals surface area contributed by atoms with E-state index in [9.17, 15) is 9.59 Å². The highest BCUT2D eigenvalue weighted by Crippen LogP contribution is 2.35. The van der Waals surface area contributed by atoms with Gasteiger partial charge in [-0.1, -0.05) is 18.2 Å². The molecule has 1 aromatic heterocycles. The van der Waals surface area contributed by atoms with Crippen molar-refractivity contribution < 1.29 is 28.5 Å². The number of ether oxygens (including phenoxy) is 4. The number of thioether (sulfide) groups is 1. The summed E-state index contributed by atoms with van der Waals surface area (Å²) in [6.07, 6.45) is 2.02. The molecule has 0 bridgehead atoms. The van der Waals surface area contributed by atoms with Crippen molar-refractivity contribution in [2.45, 2.75) is 11.4 Å². The van der Waals surface area contributed by atoms with E-state index in [1.165, 1.54) is 18.9 Å². The zero-order valence-corrected chi connectivity index (χ0v) is 21.8. The van der Waals surface area contributed by atoms with E-state index in [-0.39, 0.29) is 24.4 Å². The molecule has 0 saturated heterocycles. The third-order valence-electron chi connectivity index (χ3n) is 6.05. The highest BCUT2D eigenvalue weighted by molar-refractivity contribution is 8.00. The topological polar surface area (TPSA) is 100 Å². The number of hydrogen-bond acceptors (Lipinski definition) is 7. The third-order valence-corrected chi connectivity index (χ3v) is 7.09. The number of hydrogen-bond donors (Lipinski definition) is 2. The van der Waals surface area contributed by atoms with Gasteiger partial charge in [0, 0.05) is 52.4 Å². The lowest BCUT2D eigenvalue weighted by molar-refractivity contribution is -0.113. The number of carbonyl (C=O) groups is 2. The van der Waals surface area contributed by atoms with Crippen molar-refractivity contribution >= 4 is 40.2 Å². The SMILES string of the molecule is COc1ccc(C(=O)NCCn2cc(SCC(=O)Nc3ccc4c(c3)OCO4)c3ccccc32)cc1OC. The predicted octanol–water partition coefficient (Wildman–Crippen LogP) is 4.55. The molecule has 2 amide bonds. The van der Waals surface area contributed by atoms with E-state index >= 15 is 0 Å². The highest BCUT2D eigenvalue weighted by Gasteiger charge is 2.16. The smallest absolute Gasteiger partial charge is 0.251 e. The van der Waals surface area contributed by atoms with Crippen molar-refractivity contribution in [3.05, 3.63) is 72.4 Å². The fourth-order valence-electron chi connectivity index (χ4n) is 4.20. The zero-order chi connectivity index (χ0) is 26.5. The Hall–Kier alpha value is -4.31. The van der Waals surface area contributed by atoms with E-state index in [4.69, 9.17) is 18.9 Å². The van der Waals surface area contributed by atoms with Crippen molar-refractivity contribution in [1.29, 1.82) is 0 Å². The Morgan fingerprint density at radius 1 is 0.974 bits per heavy atom. The summed E-state index contributed by atoms with van der Waals surface area (Å²) in [6.45, 7) is 1.19. The van der Waals surface area contributed by atoms with Crippen LogP contribution in [0.25, 0.3) is 10.9 Å². The summed E-state index contributed by atoms with van der Waals surface area (Å²) >= 11 is 1.47. The summed E-state index contributed by atoms with van der Waals surface area (Å²) < 4.78 is 23.3. The molecule has 196 valence electrons. The second kappa shape index (κ2) is 11.4. The molecule has 0 unspecified atom stereocenters. The van der Waals surface area contributed by atoms with Crippen LogP contribution in [0.1, 0.15) is 10.4 Å². The Kier molecular flexibility index (Phi) is 7.60. The Morgan fingerprint density at radius 2 is 1.79 bits per heavy atom. The molecule has 0 radical (unpaired) electrons. The molecule has 0 saturated carbocycles. The van der Waals surface area contributed by atoms with Crippen LogP contribution in [-0.2, 0) is 11.3 Å². The molecular formula is C28H27N3O6S. The molecule has 0 aliphatic carbocycles. The van der Waals surface area contributed by atoms with E-state index in [0.29, 0.717) is 47.3 Å². The van der Waals surface area contributed by atoms with Gasteiger partial charge in [0.05, 0.1) is 20.0 Å². The number of methoxy groups -OCH3 is 2. The predicted molar refractivity (Wildman–Crippen MR) is 146 cm³/mol. The first-order valence-electron chi connectivity index (χ1n) is 12.0. The van der Waals surface area contributed by atoms with Gasteiger partial charge in [0.15, 0.2) is 23.0 Å². The molecule has 1 aliphatic heterocycles. The molecule has 0 atom stereocenters. The molecule has 2 N–H and O–H groups in total. The molecule has 5 rings (SSSR count). The van der Waals surface area contributed by atoms with Gasteiger partial charge in [-0.25, -0.2) is 0 Å². The van der Waals surface area contributed by atoms with E-state index in [2.05, 4.69) is 15.2 Å². The molecular weight excluding hydrogens is 506 g/mol. The molecule has 0 spiro atoms. The van der Waals surface area contributed by atoms with Gasteiger partial charge in [-0.3, -0.25) is 9.59 Å². The molecule has 1 aliphatic rings. The molecule has 3 aromatic carbocycles. The third kappa shape index (κ3) is 5.50. The average molecular weight is 534 g/mol. The summed E-state index contributed by atoms with van der Waals surface area (Å²) in [5, 5.41) is 6.92. The van der Waals surface area contributed by atoms with Crippen LogP contribution in [0.3, 0.4) is 0 Å². The summed E-state index contributed by atoms with van der Waals surface area (Å²) in [6, 6.07) is 18.4. The Morgan fingerprint density at radius 3 is 2.63 bits per heavy atom. The summed E-state index contributed by atoms with van der Waals surface area (Å²) in [7, 11) is 3.09. The van der Waals surface area contributed by atoms with E-state index in [1.807, 2.05) is 30.5 Å². The number of fused-ring (bicyclic) bond motifs is 2. The number of amides is 2. The number of anilines is 1. The van der Waals surface area contributed by atoms with Crippen LogP contribution in [-0.4, -0.2) is 49.7 Å². The van der Waals surface area contributed by atoms with Crippen molar-refractivity contribution in [3.63, 3.8) is 0 Å². The van der Waals surface area contributed by atoms with Gasteiger partial charge in [0.1, 0.15) is 0 Å². The summed E-state index contributed by atoms with van der Waals surface area (Å²) in [5.41, 5.74) is 2.18. The van der Waals surface area contributed by atoms with Gasteiger partial charge in [0.25, 0.3) is 5.91 Å². The molecule has 0 fully saturated rings. The van der Waals surface area contributed by atoms with Crippen LogP contribution in [0, 0.1) is 0 Å². The fraction of sp³-hybridized carbons (Fsp3) is 0.214. The minimum Gasteiger partial charge on any atom is -0.493 e. The number of nitrogens with one attached hydrogen (secondary N) is 2. The van der Waals surface area contributed by atoms with Crippen LogP contribution in [0.15, 0.2) is 71.8 Å². The molecule has 10 heteroatoms. The monoisotopic (exact) mass is 533 g/mol. The first-order valence-corrected chi connectivity index (χ1v) is 12.9. The van der Waals surface area contributed by atoms with Crippen LogP contribution < -0.4 is 29.6 Å². The summed E-state index contributed by atoms with van der Waals surface area (Å²) in [4.78, 5) is 26.3. The summed E-state index contributed by atoms with van der Waals surface area (Å²) in [5.74, 6) is 2.29. The van der Waals surface area contributed by atoms with Crippen LogP contribution in [0.2, 0.25) is 0 Å². The fourth-order valence-corrected chi connectivity index (χ4v) is 5.09. The van der Waals surface area contributed by atoms with Crippen molar-refractivity contribution in [3.8, 4) is 23.0 Å². The van der Waals surface area contributed by atoms with Gasteiger partial charge in [-0.05, 0) is 36.4 Å². The lowest BCUT2D eigenvalue weighted by atomic mass is 10.2. The Labute approximate surface area is 224 Å². The van der Waals surface area contributed by atoms with Gasteiger partial charge in [-0.15, -0.1) is 11.8 Å². The Balaban J connectivity index is 1.20. The van der Waals surface area contributed by atoms with Crippen molar-refractivity contribution in [2.75, 3.05) is 38.6 Å². The standard InChI is InChI=1S/C28H27N3O6S/c1-34-22-9-7-18(13-24(22)35-2)28(33)29-11-12-31-15-26(20-5-3-4-6-21(20)31)38-16-27(32)30-19-8-10-23-25(14-19)37-17-36-23/h3-10,13-15H,11-12,16-17H2,1-2H3,(H,29,33)(H,30,32). The van der Waals surface area contributed by atoms with Gasteiger partial charge < -0.3 is 34.1 Å². The number of aromatic nitrogens is 1. The zero-order valence-electron chi connectivity index (χ0n) is 21.0. The number of nitrogens with zero attached hydrogens (tertiary/aromatic N) is 1.